The molecule has 4 rings (SSSR count). The van der Waals surface area contributed by atoms with Crippen molar-refractivity contribution in [1.29, 1.82) is 0 Å². The Labute approximate surface area is 153 Å². The first kappa shape index (κ1) is 16.7. The van der Waals surface area contributed by atoms with Crippen molar-refractivity contribution >= 4 is 38.9 Å². The largest absolute Gasteiger partial charge is 0.321 e. The van der Waals surface area contributed by atoms with E-state index in [4.69, 9.17) is 0 Å². The van der Waals surface area contributed by atoms with Crippen LogP contribution in [0.1, 0.15) is 44.8 Å². The number of fused-ring (bicyclic) bond motifs is 2. The lowest BCUT2D eigenvalue weighted by Gasteiger charge is -2.06. The Kier molecular flexibility index (Phi) is 3.96. The number of carbonyl (C=O) groups is 2. The number of nitrogens with zero attached hydrogens (tertiary/aromatic N) is 2. The molecule has 0 fully saturated rings. The van der Waals surface area contributed by atoms with E-state index in [-0.39, 0.29) is 17.2 Å². The van der Waals surface area contributed by atoms with Crippen molar-refractivity contribution in [3.05, 3.63) is 56.4 Å². The predicted octanol–water partition coefficient (Wildman–Crippen LogP) is 3.17. The molecule has 0 aliphatic carbocycles. The van der Waals surface area contributed by atoms with Crippen LogP contribution in [-0.2, 0) is 13.0 Å². The Morgan fingerprint density at radius 3 is 2.88 bits per heavy atom. The molecular formula is C19H17N3O3S. The Balaban J connectivity index is 1.73. The highest BCUT2D eigenvalue weighted by atomic mass is 32.1. The number of carbonyl (C=O) groups excluding carboxylic acids is 2. The number of benzene rings is 1. The van der Waals surface area contributed by atoms with Gasteiger partial charge in [-0.3, -0.25) is 19.0 Å². The molecule has 1 aliphatic rings. The van der Waals surface area contributed by atoms with Crippen molar-refractivity contribution in [1.82, 2.24) is 9.55 Å². The second-order valence-corrected chi connectivity index (χ2v) is 7.41. The summed E-state index contributed by atoms with van der Waals surface area (Å²) in [5.74, 6) is 0.437. The molecule has 6 nitrogen and oxygen atoms in total. The van der Waals surface area contributed by atoms with Crippen LogP contribution in [0.15, 0.2) is 29.1 Å². The van der Waals surface area contributed by atoms with E-state index in [1.54, 1.807) is 35.8 Å². The number of hydrogen-bond acceptors (Lipinski definition) is 5. The first-order valence-electron chi connectivity index (χ1n) is 8.41. The van der Waals surface area contributed by atoms with Gasteiger partial charge in [-0.05, 0) is 38.0 Å². The second kappa shape index (κ2) is 6.17. The summed E-state index contributed by atoms with van der Waals surface area (Å²) in [7, 11) is 0. The van der Waals surface area contributed by atoms with Crippen LogP contribution in [0.25, 0.3) is 10.2 Å². The van der Waals surface area contributed by atoms with Crippen molar-refractivity contribution < 1.29 is 9.59 Å². The van der Waals surface area contributed by atoms with Gasteiger partial charge in [0.25, 0.3) is 11.5 Å². The van der Waals surface area contributed by atoms with Gasteiger partial charge >= 0.3 is 0 Å². The average molecular weight is 367 g/mol. The molecule has 0 radical (unpaired) electrons. The van der Waals surface area contributed by atoms with Crippen LogP contribution in [0.4, 0.5) is 5.69 Å². The average Bonchev–Trinajstić information content (AvgIpc) is 3.20. The van der Waals surface area contributed by atoms with Crippen molar-refractivity contribution in [2.45, 2.75) is 33.2 Å². The molecule has 7 heteroatoms. The van der Waals surface area contributed by atoms with Gasteiger partial charge in [-0.2, -0.15) is 0 Å². The van der Waals surface area contributed by atoms with E-state index in [0.29, 0.717) is 38.5 Å². The predicted molar refractivity (Wildman–Crippen MR) is 101 cm³/mol. The SMILES string of the molecule is CC(=O)c1cccc(NC(=O)c2sc3nc4n(c(=O)c3c2C)CCC4)c1. The van der Waals surface area contributed by atoms with E-state index in [0.717, 1.165) is 18.7 Å². The van der Waals surface area contributed by atoms with Crippen LogP contribution in [0, 0.1) is 6.92 Å². The van der Waals surface area contributed by atoms with Crippen LogP contribution < -0.4 is 10.9 Å². The molecule has 1 N–H and O–H groups in total. The highest BCUT2D eigenvalue weighted by molar-refractivity contribution is 7.20. The number of rotatable bonds is 3. The minimum atomic E-state index is -0.296. The fourth-order valence-electron chi connectivity index (χ4n) is 3.30. The summed E-state index contributed by atoms with van der Waals surface area (Å²) >= 11 is 1.24. The van der Waals surface area contributed by atoms with Gasteiger partial charge < -0.3 is 5.32 Å². The lowest BCUT2D eigenvalue weighted by Crippen LogP contribution is -2.20. The van der Waals surface area contributed by atoms with Gasteiger partial charge in [0.15, 0.2) is 5.78 Å². The first-order chi connectivity index (χ1) is 12.5. The topological polar surface area (TPSA) is 81.1 Å². The van der Waals surface area contributed by atoms with Crippen molar-refractivity contribution in [2.24, 2.45) is 0 Å². The number of thiophene rings is 1. The van der Waals surface area contributed by atoms with Crippen LogP contribution in [0.2, 0.25) is 0 Å². The quantitative estimate of drug-likeness (QED) is 0.721. The van der Waals surface area contributed by atoms with Gasteiger partial charge in [0, 0.05) is 24.2 Å². The number of ketones is 1. The van der Waals surface area contributed by atoms with Gasteiger partial charge in [-0.25, -0.2) is 4.98 Å². The van der Waals surface area contributed by atoms with Crippen molar-refractivity contribution in [3.8, 4) is 0 Å². The van der Waals surface area contributed by atoms with E-state index in [2.05, 4.69) is 10.3 Å². The van der Waals surface area contributed by atoms with E-state index in [9.17, 15) is 14.4 Å². The maximum Gasteiger partial charge on any atom is 0.266 e. The lowest BCUT2D eigenvalue weighted by molar-refractivity contribution is 0.101. The molecule has 1 amide bonds. The van der Waals surface area contributed by atoms with Crippen LogP contribution in [0.5, 0.6) is 0 Å². The Bertz CT molecular complexity index is 1130. The fourth-order valence-corrected chi connectivity index (χ4v) is 4.38. The molecule has 0 bridgehead atoms. The Morgan fingerprint density at radius 1 is 1.31 bits per heavy atom. The molecule has 0 saturated heterocycles. The number of anilines is 1. The molecule has 2 aromatic heterocycles. The number of hydrogen-bond donors (Lipinski definition) is 1. The molecule has 0 atom stereocenters. The first-order valence-corrected chi connectivity index (χ1v) is 9.22. The summed E-state index contributed by atoms with van der Waals surface area (Å²) in [6.07, 6.45) is 1.72. The van der Waals surface area contributed by atoms with Gasteiger partial charge in [-0.15, -0.1) is 11.3 Å². The molecular weight excluding hydrogens is 350 g/mol. The Morgan fingerprint density at radius 2 is 2.12 bits per heavy atom. The zero-order chi connectivity index (χ0) is 18.4. The second-order valence-electron chi connectivity index (χ2n) is 6.42. The van der Waals surface area contributed by atoms with Gasteiger partial charge in [0.2, 0.25) is 0 Å². The smallest absolute Gasteiger partial charge is 0.266 e. The summed E-state index contributed by atoms with van der Waals surface area (Å²) in [5.41, 5.74) is 1.68. The number of aromatic nitrogens is 2. The molecule has 0 unspecified atom stereocenters. The number of aryl methyl sites for hydroxylation is 2. The van der Waals surface area contributed by atoms with Crippen molar-refractivity contribution in [3.63, 3.8) is 0 Å². The number of Topliss-reactive ketones (excluding diaryl/α,β-unsaturated/α-hetero) is 1. The minimum Gasteiger partial charge on any atom is -0.321 e. The van der Waals surface area contributed by atoms with Gasteiger partial charge in [0.1, 0.15) is 10.7 Å². The summed E-state index contributed by atoms with van der Waals surface area (Å²) in [6, 6.07) is 6.80. The van der Waals surface area contributed by atoms with Crippen molar-refractivity contribution in [2.75, 3.05) is 5.32 Å². The summed E-state index contributed by atoms with van der Waals surface area (Å²) in [6.45, 7) is 3.95. The molecule has 3 aromatic rings. The normalized spacial score (nSPS) is 13.0. The molecule has 1 aromatic carbocycles. The molecule has 132 valence electrons. The lowest BCUT2D eigenvalue weighted by atomic mass is 10.1. The third-order valence-corrected chi connectivity index (χ3v) is 5.83. The molecule has 26 heavy (non-hydrogen) atoms. The molecule has 0 spiro atoms. The maximum atomic E-state index is 12.7. The van der Waals surface area contributed by atoms with E-state index < -0.39 is 0 Å². The van der Waals surface area contributed by atoms with Gasteiger partial charge in [0.05, 0.1) is 10.3 Å². The molecule has 3 heterocycles. The number of nitrogens with one attached hydrogen (secondary N) is 1. The number of amides is 1. The summed E-state index contributed by atoms with van der Waals surface area (Å²) < 4.78 is 1.71. The minimum absolute atomic E-state index is 0.0612. The third kappa shape index (κ3) is 2.64. The van der Waals surface area contributed by atoms with Gasteiger partial charge in [-0.1, -0.05) is 12.1 Å². The maximum absolute atomic E-state index is 12.7. The summed E-state index contributed by atoms with van der Waals surface area (Å²) in [4.78, 5) is 42.6. The summed E-state index contributed by atoms with van der Waals surface area (Å²) in [5, 5.41) is 3.35. The Hall–Kier alpha value is -2.80. The van der Waals surface area contributed by atoms with Crippen LogP contribution in [0.3, 0.4) is 0 Å². The monoisotopic (exact) mass is 367 g/mol. The standard InChI is InChI=1S/C19H17N3O3S/c1-10-15-18(21-14-7-4-8-22(14)19(15)25)26-16(10)17(24)20-13-6-3-5-12(9-13)11(2)23/h3,5-6,9H,4,7-8H2,1-2H3,(H,20,24). The zero-order valence-corrected chi connectivity index (χ0v) is 15.3. The zero-order valence-electron chi connectivity index (χ0n) is 14.5. The van der Waals surface area contributed by atoms with Crippen LogP contribution in [-0.4, -0.2) is 21.2 Å². The molecule has 0 saturated carbocycles. The highest BCUT2D eigenvalue weighted by Gasteiger charge is 2.23. The van der Waals surface area contributed by atoms with E-state index >= 15 is 0 Å². The van der Waals surface area contributed by atoms with Crippen LogP contribution >= 0.6 is 11.3 Å². The third-order valence-electron chi connectivity index (χ3n) is 4.64. The molecule has 1 aliphatic heterocycles. The van der Waals surface area contributed by atoms with E-state index in [1.165, 1.54) is 18.3 Å². The van der Waals surface area contributed by atoms with E-state index in [1.807, 2.05) is 0 Å². The highest BCUT2D eigenvalue weighted by Crippen LogP contribution is 2.29. The fraction of sp³-hybridized carbons (Fsp3) is 0.263.